The average molecular weight is 269 g/mol. The fourth-order valence-electron chi connectivity index (χ4n) is 2.50. The van der Waals surface area contributed by atoms with Gasteiger partial charge in [-0.05, 0) is 32.6 Å². The highest BCUT2D eigenvalue weighted by Gasteiger charge is 2.42. The van der Waals surface area contributed by atoms with Crippen molar-refractivity contribution in [1.82, 2.24) is 15.5 Å². The first kappa shape index (κ1) is 14.3. The highest BCUT2D eigenvalue weighted by atomic mass is 16.4. The first-order valence-corrected chi connectivity index (χ1v) is 6.92. The lowest BCUT2D eigenvalue weighted by Gasteiger charge is -2.40. The van der Waals surface area contributed by atoms with Gasteiger partial charge in [-0.3, -0.25) is 9.69 Å². The Labute approximate surface area is 113 Å². The third kappa shape index (κ3) is 3.25. The summed E-state index contributed by atoms with van der Waals surface area (Å²) in [6.07, 6.45) is 1.79. The van der Waals surface area contributed by atoms with E-state index in [0.717, 1.165) is 39.0 Å². The molecule has 0 aromatic heterocycles. The molecule has 108 valence electrons. The van der Waals surface area contributed by atoms with Gasteiger partial charge in [0.25, 0.3) is 0 Å². The van der Waals surface area contributed by atoms with Crippen LogP contribution in [0.1, 0.15) is 26.7 Å². The number of hydrogen-bond donors (Lipinski definition) is 3. The zero-order valence-electron chi connectivity index (χ0n) is 11.6. The Bertz CT molecular complexity index is 360. The molecule has 1 aliphatic heterocycles. The minimum Gasteiger partial charge on any atom is -0.480 e. The molecular weight excluding hydrogens is 246 g/mol. The van der Waals surface area contributed by atoms with E-state index in [-0.39, 0.29) is 11.8 Å². The van der Waals surface area contributed by atoms with E-state index in [0.29, 0.717) is 0 Å². The van der Waals surface area contributed by atoms with Crippen LogP contribution in [0.25, 0.3) is 0 Å². The largest absolute Gasteiger partial charge is 0.480 e. The van der Waals surface area contributed by atoms with Crippen molar-refractivity contribution < 1.29 is 14.7 Å². The van der Waals surface area contributed by atoms with Crippen LogP contribution in [-0.4, -0.2) is 59.6 Å². The van der Waals surface area contributed by atoms with E-state index in [9.17, 15) is 14.7 Å². The summed E-state index contributed by atoms with van der Waals surface area (Å²) in [6, 6.07) is -0.727. The zero-order chi connectivity index (χ0) is 14.0. The van der Waals surface area contributed by atoms with Crippen LogP contribution in [0.3, 0.4) is 0 Å². The van der Waals surface area contributed by atoms with Gasteiger partial charge < -0.3 is 15.7 Å². The van der Waals surface area contributed by atoms with Gasteiger partial charge in [0.2, 0.25) is 5.91 Å². The summed E-state index contributed by atoms with van der Waals surface area (Å²) in [5.41, 5.74) is -0.662. The van der Waals surface area contributed by atoms with Crippen molar-refractivity contribution in [3.8, 4) is 0 Å². The second kappa shape index (κ2) is 5.46. The number of piperazine rings is 1. The summed E-state index contributed by atoms with van der Waals surface area (Å²) in [6.45, 7) is 7.06. The molecule has 19 heavy (non-hydrogen) atoms. The maximum absolute atomic E-state index is 12.4. The minimum absolute atomic E-state index is 0.111. The molecule has 1 unspecified atom stereocenters. The first-order valence-electron chi connectivity index (χ1n) is 6.92. The topological polar surface area (TPSA) is 81.7 Å². The highest BCUT2D eigenvalue weighted by Crippen LogP contribution is 2.33. The Balaban J connectivity index is 1.98. The molecule has 1 aliphatic carbocycles. The van der Waals surface area contributed by atoms with Gasteiger partial charge in [0.15, 0.2) is 0 Å². The van der Waals surface area contributed by atoms with Crippen molar-refractivity contribution in [2.45, 2.75) is 38.3 Å². The highest BCUT2D eigenvalue weighted by molar-refractivity contribution is 5.89. The Kier molecular flexibility index (Phi) is 4.10. The Hall–Kier alpha value is -1.14. The first-order chi connectivity index (χ1) is 8.93. The number of nitrogens with zero attached hydrogens (tertiary/aromatic N) is 1. The Morgan fingerprint density at radius 3 is 2.37 bits per heavy atom. The van der Waals surface area contributed by atoms with Gasteiger partial charge in [-0.1, -0.05) is 0 Å². The van der Waals surface area contributed by atoms with Crippen LogP contribution in [0.2, 0.25) is 0 Å². The summed E-state index contributed by atoms with van der Waals surface area (Å²) < 4.78 is 0. The molecule has 2 aliphatic rings. The molecule has 0 radical (unpaired) electrons. The molecule has 1 atom stereocenters. The number of carboxylic acids is 1. The molecule has 1 amide bonds. The summed E-state index contributed by atoms with van der Waals surface area (Å²) in [5, 5.41) is 15.1. The molecular formula is C13H23N3O3. The molecule has 0 spiro atoms. The minimum atomic E-state index is -0.924. The molecule has 2 rings (SSSR count). The lowest BCUT2D eigenvalue weighted by molar-refractivity contribution is -0.144. The molecule has 1 saturated heterocycles. The number of rotatable bonds is 5. The number of aliphatic carboxylic acids is 1. The Morgan fingerprint density at radius 2 is 1.89 bits per heavy atom. The second-order valence-corrected chi connectivity index (χ2v) is 5.92. The molecule has 0 aromatic carbocycles. The summed E-state index contributed by atoms with van der Waals surface area (Å²) >= 11 is 0. The fourth-order valence-corrected chi connectivity index (χ4v) is 2.50. The molecule has 1 heterocycles. The monoisotopic (exact) mass is 269 g/mol. The average Bonchev–Trinajstić information content (AvgIpc) is 3.20. The normalized spacial score (nSPS) is 22.8. The third-order valence-corrected chi connectivity index (χ3v) is 4.11. The van der Waals surface area contributed by atoms with Gasteiger partial charge in [-0.2, -0.15) is 0 Å². The molecule has 1 saturated carbocycles. The molecule has 2 fully saturated rings. The van der Waals surface area contributed by atoms with E-state index >= 15 is 0 Å². The van der Waals surface area contributed by atoms with E-state index in [1.807, 2.05) is 13.8 Å². The number of carboxylic acid groups (broad SMARTS) is 1. The van der Waals surface area contributed by atoms with Crippen LogP contribution in [0.15, 0.2) is 0 Å². The summed E-state index contributed by atoms with van der Waals surface area (Å²) in [4.78, 5) is 25.7. The van der Waals surface area contributed by atoms with Crippen LogP contribution < -0.4 is 10.6 Å². The van der Waals surface area contributed by atoms with Crippen molar-refractivity contribution in [3.63, 3.8) is 0 Å². The van der Waals surface area contributed by atoms with E-state index in [1.54, 1.807) is 0 Å². The van der Waals surface area contributed by atoms with E-state index in [4.69, 9.17) is 0 Å². The predicted molar refractivity (Wildman–Crippen MR) is 70.8 cm³/mol. The SMILES string of the molecule is CC(C)(C(=O)NC(C(=O)O)C1CC1)N1CCNCC1. The van der Waals surface area contributed by atoms with Gasteiger partial charge in [0.05, 0.1) is 5.54 Å². The maximum Gasteiger partial charge on any atom is 0.326 e. The second-order valence-electron chi connectivity index (χ2n) is 5.92. The van der Waals surface area contributed by atoms with Gasteiger partial charge in [-0.25, -0.2) is 4.79 Å². The number of carbonyl (C=O) groups is 2. The van der Waals surface area contributed by atoms with Crippen molar-refractivity contribution in [1.29, 1.82) is 0 Å². The third-order valence-electron chi connectivity index (χ3n) is 4.11. The standard InChI is InChI=1S/C13H23N3O3/c1-13(2,16-7-5-14-6-8-16)12(19)15-10(11(17)18)9-3-4-9/h9-10,14H,3-8H2,1-2H3,(H,15,19)(H,17,18). The molecule has 6 heteroatoms. The van der Waals surface area contributed by atoms with Gasteiger partial charge in [-0.15, -0.1) is 0 Å². The maximum atomic E-state index is 12.4. The number of hydrogen-bond acceptors (Lipinski definition) is 4. The fraction of sp³-hybridized carbons (Fsp3) is 0.846. The lowest BCUT2D eigenvalue weighted by atomic mass is 9.99. The van der Waals surface area contributed by atoms with Crippen LogP contribution in [0.5, 0.6) is 0 Å². The van der Waals surface area contributed by atoms with E-state index in [2.05, 4.69) is 15.5 Å². The zero-order valence-corrected chi connectivity index (χ0v) is 11.6. The van der Waals surface area contributed by atoms with Gasteiger partial charge in [0.1, 0.15) is 6.04 Å². The summed E-state index contributed by atoms with van der Waals surface area (Å²) in [7, 11) is 0. The van der Waals surface area contributed by atoms with E-state index in [1.165, 1.54) is 0 Å². The van der Waals surface area contributed by atoms with Crippen molar-refractivity contribution in [2.75, 3.05) is 26.2 Å². The molecule has 0 bridgehead atoms. The van der Waals surface area contributed by atoms with E-state index < -0.39 is 17.6 Å². The van der Waals surface area contributed by atoms with Crippen molar-refractivity contribution >= 4 is 11.9 Å². The number of carbonyl (C=O) groups excluding carboxylic acids is 1. The van der Waals surface area contributed by atoms with Crippen LogP contribution >= 0.6 is 0 Å². The molecule has 0 aromatic rings. The molecule has 3 N–H and O–H groups in total. The predicted octanol–water partition coefficient (Wildman–Crippen LogP) is -0.350. The van der Waals surface area contributed by atoms with Crippen LogP contribution in [0, 0.1) is 5.92 Å². The van der Waals surface area contributed by atoms with Crippen LogP contribution in [0.4, 0.5) is 0 Å². The number of nitrogens with one attached hydrogen (secondary N) is 2. The summed E-state index contributed by atoms with van der Waals surface area (Å²) in [5.74, 6) is -0.999. The number of amides is 1. The smallest absolute Gasteiger partial charge is 0.326 e. The van der Waals surface area contributed by atoms with Crippen molar-refractivity contribution in [3.05, 3.63) is 0 Å². The quantitative estimate of drug-likeness (QED) is 0.635. The van der Waals surface area contributed by atoms with Crippen LogP contribution in [-0.2, 0) is 9.59 Å². The Morgan fingerprint density at radius 1 is 1.32 bits per heavy atom. The van der Waals surface area contributed by atoms with Crippen molar-refractivity contribution in [2.24, 2.45) is 5.92 Å². The van der Waals surface area contributed by atoms with Gasteiger partial charge >= 0.3 is 5.97 Å². The lowest BCUT2D eigenvalue weighted by Crippen LogP contribution is -2.62. The van der Waals surface area contributed by atoms with Gasteiger partial charge in [0, 0.05) is 26.2 Å². The molecule has 6 nitrogen and oxygen atoms in total.